The van der Waals surface area contributed by atoms with Crippen LogP contribution in [0.25, 0.3) is 0 Å². The standard InChI is InChI=1S/C15H24N6O/c1-12(9-20-8-4-7-16-20)17-14-5-2-3-6-15(14)21-10-13(11-22)18-19-21/h4,7-8,10,12,14-15,17,22H,2-3,5-6,9,11H2,1H3/t12-,14-,15+/m0/s1. The number of aliphatic hydroxyl groups is 1. The number of aliphatic hydroxyl groups excluding tert-OH is 1. The van der Waals surface area contributed by atoms with Gasteiger partial charge in [0.2, 0.25) is 0 Å². The van der Waals surface area contributed by atoms with E-state index in [4.69, 9.17) is 5.11 Å². The van der Waals surface area contributed by atoms with Crippen LogP contribution in [0.2, 0.25) is 0 Å². The second kappa shape index (κ2) is 7.02. The third kappa shape index (κ3) is 3.53. The second-order valence-electron chi connectivity index (χ2n) is 6.10. The van der Waals surface area contributed by atoms with Gasteiger partial charge in [0.15, 0.2) is 0 Å². The first-order chi connectivity index (χ1) is 10.8. The third-order valence-electron chi connectivity index (χ3n) is 4.31. The molecule has 0 unspecified atom stereocenters. The molecule has 3 rings (SSSR count). The monoisotopic (exact) mass is 304 g/mol. The molecule has 7 nitrogen and oxygen atoms in total. The van der Waals surface area contributed by atoms with E-state index in [1.807, 2.05) is 34.0 Å². The first kappa shape index (κ1) is 15.2. The highest BCUT2D eigenvalue weighted by molar-refractivity contribution is 4.94. The van der Waals surface area contributed by atoms with Gasteiger partial charge in [0.1, 0.15) is 5.69 Å². The van der Waals surface area contributed by atoms with E-state index in [0.29, 0.717) is 23.8 Å². The van der Waals surface area contributed by atoms with Crippen molar-refractivity contribution in [1.82, 2.24) is 30.1 Å². The van der Waals surface area contributed by atoms with Crippen LogP contribution >= 0.6 is 0 Å². The predicted octanol–water partition coefficient (Wildman–Crippen LogP) is 1.13. The van der Waals surface area contributed by atoms with Gasteiger partial charge in [-0.15, -0.1) is 5.10 Å². The predicted molar refractivity (Wildman–Crippen MR) is 82.1 cm³/mol. The molecule has 120 valence electrons. The Bertz CT molecular complexity index is 566. The summed E-state index contributed by atoms with van der Waals surface area (Å²) in [5, 5.41) is 25.3. The molecule has 0 radical (unpaired) electrons. The van der Waals surface area contributed by atoms with Gasteiger partial charge < -0.3 is 10.4 Å². The molecule has 0 aliphatic heterocycles. The Morgan fingerprint density at radius 2 is 2.27 bits per heavy atom. The van der Waals surface area contributed by atoms with Gasteiger partial charge >= 0.3 is 0 Å². The Kier molecular flexibility index (Phi) is 4.84. The largest absolute Gasteiger partial charge is 0.390 e. The summed E-state index contributed by atoms with van der Waals surface area (Å²) in [5.41, 5.74) is 0.633. The molecular weight excluding hydrogens is 280 g/mol. The Morgan fingerprint density at radius 3 is 3.00 bits per heavy atom. The van der Waals surface area contributed by atoms with Crippen LogP contribution in [-0.2, 0) is 13.2 Å². The number of hydrogen-bond donors (Lipinski definition) is 2. The number of hydrogen-bond acceptors (Lipinski definition) is 5. The molecule has 2 aromatic rings. The van der Waals surface area contributed by atoms with E-state index in [9.17, 15) is 0 Å². The first-order valence-electron chi connectivity index (χ1n) is 8.01. The summed E-state index contributed by atoms with van der Waals surface area (Å²) in [6, 6.07) is 2.97. The van der Waals surface area contributed by atoms with Crippen molar-refractivity contribution in [2.45, 2.75) is 63.9 Å². The fourth-order valence-electron chi connectivity index (χ4n) is 3.28. The summed E-state index contributed by atoms with van der Waals surface area (Å²) in [5.74, 6) is 0. The minimum Gasteiger partial charge on any atom is -0.390 e. The molecule has 1 fully saturated rings. The summed E-state index contributed by atoms with van der Waals surface area (Å²) in [7, 11) is 0. The average Bonchev–Trinajstić information content (AvgIpc) is 3.19. The highest BCUT2D eigenvalue weighted by Gasteiger charge is 2.28. The van der Waals surface area contributed by atoms with Gasteiger partial charge in [-0.1, -0.05) is 18.1 Å². The van der Waals surface area contributed by atoms with Crippen LogP contribution in [0.1, 0.15) is 44.3 Å². The fraction of sp³-hybridized carbons (Fsp3) is 0.667. The lowest BCUT2D eigenvalue weighted by molar-refractivity contribution is 0.223. The van der Waals surface area contributed by atoms with Crippen molar-refractivity contribution in [3.05, 3.63) is 30.4 Å². The van der Waals surface area contributed by atoms with Crippen molar-refractivity contribution < 1.29 is 5.11 Å². The molecule has 2 N–H and O–H groups in total. The van der Waals surface area contributed by atoms with Gasteiger partial charge in [-0.3, -0.25) is 4.68 Å². The summed E-state index contributed by atoms with van der Waals surface area (Å²) < 4.78 is 3.87. The molecule has 1 aliphatic rings. The number of nitrogens with zero attached hydrogens (tertiary/aromatic N) is 5. The molecule has 2 aromatic heterocycles. The highest BCUT2D eigenvalue weighted by atomic mass is 16.3. The average molecular weight is 304 g/mol. The van der Waals surface area contributed by atoms with Crippen molar-refractivity contribution in [2.75, 3.05) is 0 Å². The highest BCUT2D eigenvalue weighted by Crippen LogP contribution is 2.28. The van der Waals surface area contributed by atoms with E-state index in [1.54, 1.807) is 0 Å². The molecule has 0 saturated heterocycles. The van der Waals surface area contributed by atoms with E-state index in [-0.39, 0.29) is 6.61 Å². The molecule has 0 spiro atoms. The smallest absolute Gasteiger partial charge is 0.108 e. The van der Waals surface area contributed by atoms with Crippen molar-refractivity contribution in [2.24, 2.45) is 0 Å². The molecule has 0 amide bonds. The molecule has 22 heavy (non-hydrogen) atoms. The third-order valence-corrected chi connectivity index (χ3v) is 4.31. The van der Waals surface area contributed by atoms with Crippen LogP contribution in [0.3, 0.4) is 0 Å². The maximum absolute atomic E-state index is 9.16. The molecule has 2 heterocycles. The molecule has 0 aromatic carbocycles. The van der Waals surface area contributed by atoms with E-state index in [1.165, 1.54) is 12.8 Å². The SMILES string of the molecule is C[C@@H](Cn1cccn1)N[C@H]1CCCC[C@H]1n1cc(CO)nn1. The molecule has 0 bridgehead atoms. The zero-order valence-electron chi connectivity index (χ0n) is 13.0. The van der Waals surface area contributed by atoms with Crippen LogP contribution in [-0.4, -0.2) is 42.0 Å². The number of rotatable bonds is 6. The van der Waals surface area contributed by atoms with Gasteiger partial charge in [-0.05, 0) is 25.8 Å². The normalized spacial score (nSPS) is 23.5. The molecule has 1 aliphatic carbocycles. The van der Waals surface area contributed by atoms with Crippen LogP contribution in [0.4, 0.5) is 0 Å². The zero-order valence-corrected chi connectivity index (χ0v) is 13.0. The Balaban J connectivity index is 1.64. The van der Waals surface area contributed by atoms with Crippen molar-refractivity contribution in [3.63, 3.8) is 0 Å². The quantitative estimate of drug-likeness (QED) is 0.836. The summed E-state index contributed by atoms with van der Waals surface area (Å²) >= 11 is 0. The van der Waals surface area contributed by atoms with Gasteiger partial charge in [-0.25, -0.2) is 4.68 Å². The van der Waals surface area contributed by atoms with Crippen molar-refractivity contribution >= 4 is 0 Å². The lowest BCUT2D eigenvalue weighted by Gasteiger charge is -2.34. The minimum absolute atomic E-state index is 0.0550. The van der Waals surface area contributed by atoms with Crippen LogP contribution in [0.5, 0.6) is 0 Å². The maximum Gasteiger partial charge on any atom is 0.108 e. The van der Waals surface area contributed by atoms with Gasteiger partial charge in [0.25, 0.3) is 0 Å². The van der Waals surface area contributed by atoms with Crippen molar-refractivity contribution in [1.29, 1.82) is 0 Å². The molecule has 1 saturated carbocycles. The molecule has 7 heteroatoms. The van der Waals surface area contributed by atoms with E-state index < -0.39 is 0 Å². The van der Waals surface area contributed by atoms with E-state index >= 15 is 0 Å². The topological polar surface area (TPSA) is 80.8 Å². The number of aromatic nitrogens is 5. The fourth-order valence-corrected chi connectivity index (χ4v) is 3.28. The van der Waals surface area contributed by atoms with E-state index in [2.05, 4.69) is 27.7 Å². The summed E-state index contributed by atoms with van der Waals surface area (Å²) in [6.07, 6.45) is 10.4. The van der Waals surface area contributed by atoms with E-state index in [0.717, 1.165) is 19.4 Å². The lowest BCUT2D eigenvalue weighted by Crippen LogP contribution is -2.45. The summed E-state index contributed by atoms with van der Waals surface area (Å²) in [6.45, 7) is 2.99. The number of nitrogens with one attached hydrogen (secondary N) is 1. The Morgan fingerprint density at radius 1 is 1.41 bits per heavy atom. The lowest BCUT2D eigenvalue weighted by atomic mass is 9.90. The summed E-state index contributed by atoms with van der Waals surface area (Å²) in [4.78, 5) is 0. The molecular formula is C15H24N6O. The van der Waals surface area contributed by atoms with Crippen LogP contribution in [0.15, 0.2) is 24.7 Å². The van der Waals surface area contributed by atoms with Crippen LogP contribution < -0.4 is 5.32 Å². The van der Waals surface area contributed by atoms with Crippen molar-refractivity contribution in [3.8, 4) is 0 Å². The maximum atomic E-state index is 9.16. The minimum atomic E-state index is -0.0550. The van der Waals surface area contributed by atoms with Crippen LogP contribution in [0, 0.1) is 0 Å². The Hall–Kier alpha value is -1.73. The molecule has 3 atom stereocenters. The zero-order chi connectivity index (χ0) is 15.4. The first-order valence-corrected chi connectivity index (χ1v) is 8.01. The van der Waals surface area contributed by atoms with Gasteiger partial charge in [0.05, 0.1) is 25.4 Å². The van der Waals surface area contributed by atoms with Gasteiger partial charge in [0, 0.05) is 24.5 Å². The van der Waals surface area contributed by atoms with Gasteiger partial charge in [-0.2, -0.15) is 5.10 Å². The second-order valence-corrected chi connectivity index (χ2v) is 6.10. The Labute approximate surface area is 130 Å².